The molecule has 2 aliphatic carbocycles. The molecule has 7 nitrogen and oxygen atoms in total. The maximum absolute atomic E-state index is 13.2. The van der Waals surface area contributed by atoms with Gasteiger partial charge in [0.2, 0.25) is 5.60 Å². The largest absolute Gasteiger partial charge is 0.458 e. The van der Waals surface area contributed by atoms with E-state index in [1.807, 2.05) is 13.8 Å². The van der Waals surface area contributed by atoms with Crippen molar-refractivity contribution in [3.63, 3.8) is 0 Å². The monoisotopic (exact) mass is 464 g/mol. The van der Waals surface area contributed by atoms with E-state index >= 15 is 0 Å². The van der Waals surface area contributed by atoms with Gasteiger partial charge in [-0.25, -0.2) is 14.4 Å². The molecule has 1 fully saturated rings. The SMILES string of the molecule is CC(C)=CC(=O)O[C@]1(C)C(=O)O[C@H]2[C@@H]3C(C)=CC(=O)C3=C(C)C[C@H](OC(=O)c3ccccc3)[C@H]21. The lowest BCUT2D eigenvalue weighted by molar-refractivity contribution is -0.172. The van der Waals surface area contributed by atoms with Crippen LogP contribution in [0, 0.1) is 11.8 Å². The predicted octanol–water partition coefficient (Wildman–Crippen LogP) is 3.89. The summed E-state index contributed by atoms with van der Waals surface area (Å²) in [5, 5.41) is 0. The number of allylic oxidation sites excluding steroid dienone is 2. The molecule has 7 heteroatoms. The molecule has 34 heavy (non-hydrogen) atoms. The number of rotatable bonds is 4. The molecule has 0 radical (unpaired) electrons. The molecule has 1 aromatic carbocycles. The molecule has 0 aromatic heterocycles. The summed E-state index contributed by atoms with van der Waals surface area (Å²) in [7, 11) is 0. The van der Waals surface area contributed by atoms with Crippen molar-refractivity contribution in [2.45, 2.75) is 58.8 Å². The summed E-state index contributed by atoms with van der Waals surface area (Å²) in [6.45, 7) is 8.62. The van der Waals surface area contributed by atoms with Crippen LogP contribution in [-0.4, -0.2) is 41.5 Å². The molecule has 0 saturated carbocycles. The van der Waals surface area contributed by atoms with E-state index in [9.17, 15) is 19.2 Å². The number of carbonyl (C=O) groups excluding carboxylic acids is 4. The predicted molar refractivity (Wildman–Crippen MR) is 123 cm³/mol. The van der Waals surface area contributed by atoms with Gasteiger partial charge in [0.05, 0.1) is 11.5 Å². The van der Waals surface area contributed by atoms with Gasteiger partial charge in [0, 0.05) is 24.0 Å². The molecule has 1 heterocycles. The zero-order chi connectivity index (χ0) is 24.8. The van der Waals surface area contributed by atoms with Gasteiger partial charge < -0.3 is 14.2 Å². The molecule has 3 aliphatic rings. The number of fused-ring (bicyclic) bond motifs is 3. The summed E-state index contributed by atoms with van der Waals surface area (Å²) in [4.78, 5) is 51.5. The molecule has 0 bridgehead atoms. The van der Waals surface area contributed by atoms with Gasteiger partial charge in [0.25, 0.3) is 0 Å². The minimum absolute atomic E-state index is 0.139. The van der Waals surface area contributed by atoms with Crippen molar-refractivity contribution in [1.29, 1.82) is 0 Å². The van der Waals surface area contributed by atoms with Gasteiger partial charge in [-0.3, -0.25) is 4.79 Å². The summed E-state index contributed by atoms with van der Waals surface area (Å²) >= 11 is 0. The molecule has 178 valence electrons. The molecule has 4 rings (SSSR count). The Labute approximate surface area is 198 Å². The minimum atomic E-state index is -1.70. The molecular weight excluding hydrogens is 436 g/mol. The first-order valence-electron chi connectivity index (χ1n) is 11.3. The molecule has 5 atom stereocenters. The van der Waals surface area contributed by atoms with Crippen molar-refractivity contribution in [1.82, 2.24) is 0 Å². The fraction of sp³-hybridized carbons (Fsp3) is 0.407. The Morgan fingerprint density at radius 2 is 1.79 bits per heavy atom. The summed E-state index contributed by atoms with van der Waals surface area (Å²) in [6.07, 6.45) is 1.39. The highest BCUT2D eigenvalue weighted by Crippen LogP contribution is 2.51. The number of esters is 3. The second kappa shape index (κ2) is 8.70. The molecule has 0 N–H and O–H groups in total. The Morgan fingerprint density at radius 1 is 1.12 bits per heavy atom. The number of benzene rings is 1. The highest BCUT2D eigenvalue weighted by atomic mass is 16.6. The Kier molecular flexibility index (Phi) is 6.06. The van der Waals surface area contributed by atoms with Crippen LogP contribution in [0.1, 0.15) is 51.4 Å². The van der Waals surface area contributed by atoms with Crippen LogP contribution in [0.4, 0.5) is 0 Å². The lowest BCUT2D eigenvalue weighted by Crippen LogP contribution is -2.50. The van der Waals surface area contributed by atoms with Crippen molar-refractivity contribution in [2.75, 3.05) is 0 Å². The summed E-state index contributed by atoms with van der Waals surface area (Å²) in [5.74, 6) is -3.40. The Morgan fingerprint density at radius 3 is 2.44 bits per heavy atom. The smallest absolute Gasteiger partial charge is 0.351 e. The summed E-state index contributed by atoms with van der Waals surface area (Å²) < 4.78 is 17.5. The number of hydrogen-bond acceptors (Lipinski definition) is 7. The van der Waals surface area contributed by atoms with Crippen LogP contribution in [0.3, 0.4) is 0 Å². The fourth-order valence-corrected chi connectivity index (χ4v) is 5.28. The summed E-state index contributed by atoms with van der Waals surface area (Å²) in [6, 6.07) is 8.52. The third kappa shape index (κ3) is 4.00. The van der Waals surface area contributed by atoms with Crippen molar-refractivity contribution in [3.05, 3.63) is 70.3 Å². The first-order chi connectivity index (χ1) is 16.0. The summed E-state index contributed by atoms with van der Waals surface area (Å²) in [5.41, 5.74) is 1.45. The van der Waals surface area contributed by atoms with E-state index in [-0.39, 0.29) is 12.2 Å². The van der Waals surface area contributed by atoms with E-state index in [1.165, 1.54) is 13.0 Å². The van der Waals surface area contributed by atoms with Crippen molar-refractivity contribution >= 4 is 23.7 Å². The Bertz CT molecular complexity index is 1150. The van der Waals surface area contributed by atoms with E-state index in [0.717, 1.165) is 11.1 Å². The standard InChI is InChI=1S/C27H28O7/c1-14(2)11-20(29)34-27(5)23-19(32-25(30)17-9-7-6-8-10-17)13-16(4)21-18(28)12-15(3)22(21)24(23)33-26(27)31/h6-12,19,22-24H,13H2,1-5H3/t19-,22+,23+,24-,27-/m0/s1. The Balaban J connectivity index is 1.78. The highest BCUT2D eigenvalue weighted by molar-refractivity contribution is 6.09. The van der Waals surface area contributed by atoms with Crippen LogP contribution in [0.2, 0.25) is 0 Å². The van der Waals surface area contributed by atoms with Gasteiger partial charge in [-0.15, -0.1) is 0 Å². The van der Waals surface area contributed by atoms with Gasteiger partial charge in [-0.05, 0) is 52.8 Å². The molecule has 0 amide bonds. The lowest BCUT2D eigenvalue weighted by Gasteiger charge is -2.34. The van der Waals surface area contributed by atoms with E-state index in [2.05, 4.69) is 0 Å². The highest BCUT2D eigenvalue weighted by Gasteiger charge is 2.65. The fourth-order valence-electron chi connectivity index (χ4n) is 5.28. The minimum Gasteiger partial charge on any atom is -0.458 e. The molecule has 1 saturated heterocycles. The van der Waals surface area contributed by atoms with Crippen LogP contribution in [-0.2, 0) is 28.6 Å². The zero-order valence-corrected chi connectivity index (χ0v) is 19.9. The van der Waals surface area contributed by atoms with Crippen molar-refractivity contribution < 1.29 is 33.4 Å². The normalized spacial score (nSPS) is 30.0. The first-order valence-corrected chi connectivity index (χ1v) is 11.3. The number of ether oxygens (including phenoxy) is 3. The molecule has 1 aliphatic heterocycles. The van der Waals surface area contributed by atoms with Crippen molar-refractivity contribution in [3.8, 4) is 0 Å². The number of carbonyl (C=O) groups is 4. The van der Waals surface area contributed by atoms with E-state index in [0.29, 0.717) is 16.7 Å². The molecule has 0 unspecified atom stereocenters. The van der Waals surface area contributed by atoms with Crippen LogP contribution in [0.5, 0.6) is 0 Å². The molecule has 0 spiro atoms. The molecule has 1 aromatic rings. The van der Waals surface area contributed by atoms with Crippen LogP contribution >= 0.6 is 0 Å². The van der Waals surface area contributed by atoms with Gasteiger partial charge >= 0.3 is 17.9 Å². The average Bonchev–Trinajstić information content (AvgIpc) is 3.13. The number of hydrogen-bond donors (Lipinski definition) is 0. The molecular formula is C27H28O7. The van der Waals surface area contributed by atoms with Crippen LogP contribution in [0.15, 0.2) is 64.8 Å². The quantitative estimate of drug-likeness (QED) is 0.379. The first kappa shape index (κ1) is 23.7. The maximum atomic E-state index is 13.2. The van der Waals surface area contributed by atoms with E-state index in [1.54, 1.807) is 50.3 Å². The third-order valence-electron chi connectivity index (χ3n) is 6.75. The van der Waals surface area contributed by atoms with E-state index in [4.69, 9.17) is 14.2 Å². The topological polar surface area (TPSA) is 96.0 Å². The zero-order valence-electron chi connectivity index (χ0n) is 19.9. The third-order valence-corrected chi connectivity index (χ3v) is 6.75. The van der Waals surface area contributed by atoms with Gasteiger partial charge in [0.1, 0.15) is 12.2 Å². The van der Waals surface area contributed by atoms with Crippen LogP contribution in [0.25, 0.3) is 0 Å². The second-order valence-electron chi connectivity index (χ2n) is 9.58. The van der Waals surface area contributed by atoms with Crippen LogP contribution < -0.4 is 0 Å². The van der Waals surface area contributed by atoms with Crippen molar-refractivity contribution in [2.24, 2.45) is 11.8 Å². The second-order valence-corrected chi connectivity index (χ2v) is 9.58. The van der Waals surface area contributed by atoms with Gasteiger partial charge in [0.15, 0.2) is 5.78 Å². The maximum Gasteiger partial charge on any atom is 0.351 e. The lowest BCUT2D eigenvalue weighted by atomic mass is 9.77. The number of ketones is 1. The van der Waals surface area contributed by atoms with Gasteiger partial charge in [-0.1, -0.05) is 34.9 Å². The van der Waals surface area contributed by atoms with E-state index < -0.39 is 47.6 Å². The Hall–Kier alpha value is -3.48. The van der Waals surface area contributed by atoms with Gasteiger partial charge in [-0.2, -0.15) is 0 Å². The average molecular weight is 465 g/mol.